The molecule has 0 saturated heterocycles. The minimum absolute atomic E-state index is 0.0521. The zero-order valence-corrected chi connectivity index (χ0v) is 10.8. The van der Waals surface area contributed by atoms with Gasteiger partial charge in [0, 0.05) is 24.6 Å². The predicted octanol–water partition coefficient (Wildman–Crippen LogP) is 1.69. The Bertz CT molecular complexity index is 468. The summed E-state index contributed by atoms with van der Waals surface area (Å²) in [6, 6.07) is 7.35. The summed E-state index contributed by atoms with van der Waals surface area (Å²) in [5.74, 6) is -0.424. The Kier molecular flexibility index (Phi) is 6.15. The minimum atomic E-state index is -0.862. The van der Waals surface area contributed by atoms with Crippen molar-refractivity contribution in [2.45, 2.75) is 12.8 Å². The van der Waals surface area contributed by atoms with Crippen molar-refractivity contribution in [1.82, 2.24) is 5.32 Å². The number of hydrogen-bond donors (Lipinski definition) is 2. The number of benzene rings is 1. The molecule has 0 radical (unpaired) electrons. The molecule has 1 aromatic rings. The second-order valence-electron chi connectivity index (χ2n) is 3.86. The summed E-state index contributed by atoms with van der Waals surface area (Å²) < 4.78 is 5.15. The Labute approximate surface area is 111 Å². The predicted molar refractivity (Wildman–Crippen MR) is 71.9 cm³/mol. The topological polar surface area (TPSA) is 75.6 Å². The standard InChI is InChI=1S/C14H17NO4/c1-19-12-6-3-2-5-11(12)8-9-13(16)15-10-4-7-14(17)18/h2-3,5-6,8-9H,4,7,10H2,1H3,(H,15,16)(H,17,18). The monoisotopic (exact) mass is 263 g/mol. The molecule has 19 heavy (non-hydrogen) atoms. The lowest BCUT2D eigenvalue weighted by Gasteiger charge is -2.03. The van der Waals surface area contributed by atoms with E-state index in [2.05, 4.69) is 5.32 Å². The van der Waals surface area contributed by atoms with Crippen molar-refractivity contribution < 1.29 is 19.4 Å². The third kappa shape index (κ3) is 5.72. The maximum Gasteiger partial charge on any atom is 0.303 e. The van der Waals surface area contributed by atoms with E-state index in [1.165, 1.54) is 6.08 Å². The molecule has 0 atom stereocenters. The van der Waals surface area contributed by atoms with Crippen LogP contribution < -0.4 is 10.1 Å². The average molecular weight is 263 g/mol. The van der Waals surface area contributed by atoms with E-state index < -0.39 is 5.97 Å². The van der Waals surface area contributed by atoms with Gasteiger partial charge in [0.15, 0.2) is 0 Å². The first-order valence-electron chi connectivity index (χ1n) is 5.94. The van der Waals surface area contributed by atoms with Crippen LogP contribution in [0.4, 0.5) is 0 Å². The molecular weight excluding hydrogens is 246 g/mol. The van der Waals surface area contributed by atoms with Crippen molar-refractivity contribution in [2.24, 2.45) is 0 Å². The molecular formula is C14H17NO4. The Balaban J connectivity index is 2.43. The SMILES string of the molecule is COc1ccccc1C=CC(=O)NCCCC(=O)O. The molecule has 2 N–H and O–H groups in total. The van der Waals surface area contributed by atoms with Crippen molar-refractivity contribution in [3.63, 3.8) is 0 Å². The van der Waals surface area contributed by atoms with Gasteiger partial charge in [-0.3, -0.25) is 9.59 Å². The van der Waals surface area contributed by atoms with Crippen LogP contribution in [-0.2, 0) is 9.59 Å². The first-order valence-corrected chi connectivity index (χ1v) is 5.94. The molecule has 0 aliphatic rings. The van der Waals surface area contributed by atoms with Crippen LogP contribution in [0.2, 0.25) is 0 Å². The molecule has 1 aromatic carbocycles. The van der Waals surface area contributed by atoms with E-state index in [1.807, 2.05) is 24.3 Å². The number of nitrogens with one attached hydrogen (secondary N) is 1. The van der Waals surface area contributed by atoms with Crippen LogP contribution in [0.5, 0.6) is 5.75 Å². The van der Waals surface area contributed by atoms with Gasteiger partial charge in [0.05, 0.1) is 7.11 Å². The van der Waals surface area contributed by atoms with Gasteiger partial charge in [0.2, 0.25) is 5.91 Å². The number of ether oxygens (including phenoxy) is 1. The lowest BCUT2D eigenvalue weighted by atomic mass is 10.2. The van der Waals surface area contributed by atoms with Crippen molar-refractivity contribution in [3.8, 4) is 5.75 Å². The molecule has 0 aliphatic carbocycles. The Morgan fingerprint density at radius 1 is 1.37 bits per heavy atom. The van der Waals surface area contributed by atoms with Crippen LogP contribution in [0, 0.1) is 0 Å². The zero-order valence-electron chi connectivity index (χ0n) is 10.8. The fourth-order valence-electron chi connectivity index (χ4n) is 1.48. The number of rotatable bonds is 7. The Morgan fingerprint density at radius 3 is 2.79 bits per heavy atom. The number of methoxy groups -OCH3 is 1. The fourth-order valence-corrected chi connectivity index (χ4v) is 1.48. The number of hydrogen-bond acceptors (Lipinski definition) is 3. The molecule has 0 heterocycles. The van der Waals surface area contributed by atoms with Gasteiger partial charge < -0.3 is 15.2 Å². The summed E-state index contributed by atoms with van der Waals surface area (Å²) in [5, 5.41) is 11.1. The lowest BCUT2D eigenvalue weighted by molar-refractivity contribution is -0.137. The van der Waals surface area contributed by atoms with Crippen molar-refractivity contribution in [1.29, 1.82) is 0 Å². The highest BCUT2D eigenvalue weighted by Crippen LogP contribution is 2.18. The van der Waals surface area contributed by atoms with Crippen LogP contribution >= 0.6 is 0 Å². The summed E-state index contributed by atoms with van der Waals surface area (Å²) in [5.41, 5.74) is 0.811. The van der Waals surface area contributed by atoms with Gasteiger partial charge in [-0.15, -0.1) is 0 Å². The van der Waals surface area contributed by atoms with E-state index >= 15 is 0 Å². The third-order valence-electron chi connectivity index (χ3n) is 2.42. The maximum absolute atomic E-state index is 11.5. The van der Waals surface area contributed by atoms with Gasteiger partial charge in [-0.1, -0.05) is 18.2 Å². The largest absolute Gasteiger partial charge is 0.496 e. The maximum atomic E-state index is 11.5. The fraction of sp³-hybridized carbons (Fsp3) is 0.286. The highest BCUT2D eigenvalue weighted by molar-refractivity contribution is 5.92. The van der Waals surface area contributed by atoms with Crippen LogP contribution in [0.15, 0.2) is 30.3 Å². The Morgan fingerprint density at radius 2 is 2.11 bits per heavy atom. The molecule has 0 spiro atoms. The van der Waals surface area contributed by atoms with Gasteiger partial charge in [-0.05, 0) is 18.6 Å². The normalized spacial score (nSPS) is 10.4. The Hall–Kier alpha value is -2.30. The lowest BCUT2D eigenvalue weighted by Crippen LogP contribution is -2.22. The summed E-state index contributed by atoms with van der Waals surface area (Å²) >= 11 is 0. The first kappa shape index (κ1) is 14.8. The first-order chi connectivity index (χ1) is 9.13. The van der Waals surface area contributed by atoms with E-state index in [0.29, 0.717) is 18.7 Å². The molecule has 1 rings (SSSR count). The highest BCUT2D eigenvalue weighted by Gasteiger charge is 2.00. The van der Waals surface area contributed by atoms with Crippen molar-refractivity contribution in [2.75, 3.05) is 13.7 Å². The summed E-state index contributed by atoms with van der Waals surface area (Å²) in [6.07, 6.45) is 3.53. The molecule has 0 fully saturated rings. The van der Waals surface area contributed by atoms with Crippen LogP contribution in [0.1, 0.15) is 18.4 Å². The number of carboxylic acid groups (broad SMARTS) is 1. The molecule has 5 heteroatoms. The van der Waals surface area contributed by atoms with Crippen LogP contribution in [0.3, 0.4) is 0 Å². The van der Waals surface area contributed by atoms with Gasteiger partial charge >= 0.3 is 5.97 Å². The molecule has 1 amide bonds. The number of carboxylic acids is 1. The molecule has 0 bridgehead atoms. The molecule has 5 nitrogen and oxygen atoms in total. The average Bonchev–Trinajstić information content (AvgIpc) is 2.41. The third-order valence-corrected chi connectivity index (χ3v) is 2.42. The van der Waals surface area contributed by atoms with Gasteiger partial charge in [0.1, 0.15) is 5.75 Å². The number of carbonyl (C=O) groups is 2. The van der Waals surface area contributed by atoms with Gasteiger partial charge in [-0.2, -0.15) is 0 Å². The zero-order chi connectivity index (χ0) is 14.1. The van der Waals surface area contributed by atoms with E-state index in [9.17, 15) is 9.59 Å². The number of carbonyl (C=O) groups excluding carboxylic acids is 1. The van der Waals surface area contributed by atoms with Gasteiger partial charge in [-0.25, -0.2) is 0 Å². The molecule has 0 saturated carbocycles. The second kappa shape index (κ2) is 7.92. The number of amides is 1. The van der Waals surface area contributed by atoms with Gasteiger partial charge in [0.25, 0.3) is 0 Å². The van der Waals surface area contributed by atoms with Crippen LogP contribution in [0.25, 0.3) is 6.08 Å². The molecule has 0 unspecified atom stereocenters. The number of para-hydroxylation sites is 1. The highest BCUT2D eigenvalue weighted by atomic mass is 16.5. The molecule has 0 aliphatic heterocycles. The van der Waals surface area contributed by atoms with Crippen molar-refractivity contribution >= 4 is 18.0 Å². The molecule has 0 aromatic heterocycles. The van der Waals surface area contributed by atoms with Crippen molar-refractivity contribution in [3.05, 3.63) is 35.9 Å². The minimum Gasteiger partial charge on any atom is -0.496 e. The summed E-state index contributed by atoms with van der Waals surface area (Å²) in [7, 11) is 1.57. The smallest absolute Gasteiger partial charge is 0.303 e. The van der Waals surface area contributed by atoms with E-state index in [0.717, 1.165) is 5.56 Å². The van der Waals surface area contributed by atoms with E-state index in [4.69, 9.17) is 9.84 Å². The second-order valence-corrected chi connectivity index (χ2v) is 3.86. The van der Waals surface area contributed by atoms with E-state index in [-0.39, 0.29) is 12.3 Å². The summed E-state index contributed by atoms with van der Waals surface area (Å²) in [4.78, 5) is 21.8. The quantitative estimate of drug-likeness (QED) is 0.580. The van der Waals surface area contributed by atoms with Crippen LogP contribution in [-0.4, -0.2) is 30.6 Å². The van der Waals surface area contributed by atoms with E-state index in [1.54, 1.807) is 13.2 Å². The molecule has 102 valence electrons. The number of aliphatic carboxylic acids is 1. The summed E-state index contributed by atoms with van der Waals surface area (Å²) in [6.45, 7) is 0.349.